The Morgan fingerprint density at radius 2 is 0.667 bits per heavy atom. The maximum Gasteiger partial charge on any atom is 0.0725 e. The fraction of sp³-hybridized carbons (Fsp3) is 0.0149. The van der Waals surface area contributed by atoms with Gasteiger partial charge in [-0.1, -0.05) is 200 Å². The number of hydrogen-bond donors (Lipinski definition) is 0. The van der Waals surface area contributed by atoms with E-state index in [1.54, 1.807) is 0 Å². The van der Waals surface area contributed by atoms with Gasteiger partial charge < -0.3 is 4.90 Å². The lowest BCUT2D eigenvalue weighted by Gasteiger charge is -2.30. The van der Waals surface area contributed by atoms with Crippen LogP contribution in [0.4, 0.5) is 17.1 Å². The lowest BCUT2D eigenvalue weighted by molar-refractivity contribution is 0.794. The van der Waals surface area contributed by atoms with Crippen molar-refractivity contribution in [3.05, 3.63) is 283 Å². The number of rotatable bonds is 7. The zero-order chi connectivity index (χ0) is 45.5. The Balaban J connectivity index is 0.910. The van der Waals surface area contributed by atoms with E-state index in [0.29, 0.717) is 0 Å². The Bertz CT molecular complexity index is 3780. The van der Waals surface area contributed by atoms with Crippen LogP contribution in [0.15, 0.2) is 261 Å². The lowest BCUT2D eigenvalue weighted by Crippen LogP contribution is -2.25. The van der Waals surface area contributed by atoms with E-state index in [2.05, 4.69) is 266 Å². The molecule has 322 valence electrons. The molecule has 2 aliphatic carbocycles. The predicted molar refractivity (Wildman–Crippen MR) is 292 cm³/mol. The topological polar surface area (TPSA) is 3.24 Å². The number of fused-ring (bicyclic) bond motifs is 13. The minimum Gasteiger partial charge on any atom is -0.311 e. The van der Waals surface area contributed by atoms with Crippen molar-refractivity contribution in [1.29, 1.82) is 0 Å². The van der Waals surface area contributed by atoms with E-state index in [1.165, 1.54) is 109 Å². The molecule has 0 saturated heterocycles. The van der Waals surface area contributed by atoms with Gasteiger partial charge in [-0.15, -0.1) is 11.3 Å². The minimum absolute atomic E-state index is 0.405. The van der Waals surface area contributed by atoms with Crippen molar-refractivity contribution in [1.82, 2.24) is 0 Å². The summed E-state index contributed by atoms with van der Waals surface area (Å²) in [7, 11) is 0. The number of nitrogens with zero attached hydrogens (tertiary/aromatic N) is 1. The van der Waals surface area contributed by atoms with Crippen LogP contribution in [0.5, 0.6) is 0 Å². The Labute approximate surface area is 406 Å². The third-order valence-electron chi connectivity index (χ3n) is 14.7. The normalized spacial score (nSPS) is 12.8. The molecule has 2 heteroatoms. The molecule has 14 rings (SSSR count). The molecule has 0 aliphatic heterocycles. The smallest absolute Gasteiger partial charge is 0.0725 e. The molecule has 1 heterocycles. The lowest BCUT2D eigenvalue weighted by atomic mass is 9.70. The molecule has 0 saturated carbocycles. The molecular weight excluding hydrogens is 851 g/mol. The number of hydrogen-bond acceptors (Lipinski definition) is 2. The van der Waals surface area contributed by atoms with Gasteiger partial charge in [0.05, 0.1) is 5.41 Å². The third kappa shape index (κ3) is 6.16. The zero-order valence-electron chi connectivity index (χ0n) is 37.7. The van der Waals surface area contributed by atoms with Crippen molar-refractivity contribution in [3.8, 4) is 66.8 Å². The van der Waals surface area contributed by atoms with Crippen LogP contribution in [0.2, 0.25) is 0 Å². The highest BCUT2D eigenvalue weighted by molar-refractivity contribution is 7.26. The first-order valence-electron chi connectivity index (χ1n) is 23.8. The summed E-state index contributed by atoms with van der Waals surface area (Å²) in [6.45, 7) is 0. The van der Waals surface area contributed by atoms with Crippen LogP contribution in [0, 0.1) is 0 Å². The van der Waals surface area contributed by atoms with Crippen LogP contribution in [0.25, 0.3) is 86.9 Å². The summed E-state index contributed by atoms with van der Waals surface area (Å²) < 4.78 is 2.62. The summed E-state index contributed by atoms with van der Waals surface area (Å²) in [4.78, 5) is 2.37. The molecule has 0 bridgehead atoms. The molecule has 0 fully saturated rings. The molecule has 0 amide bonds. The van der Waals surface area contributed by atoms with Crippen LogP contribution in [0.1, 0.15) is 22.3 Å². The zero-order valence-corrected chi connectivity index (χ0v) is 38.5. The summed E-state index contributed by atoms with van der Waals surface area (Å²) in [6, 6.07) is 96.6. The van der Waals surface area contributed by atoms with Gasteiger partial charge in [-0.2, -0.15) is 0 Å². The maximum absolute atomic E-state index is 2.53. The standard InChI is InChI=1S/C67H43NS/c1-3-15-44(16-4-1)46-27-34-51(35-28-46)68(52-36-29-47(30-37-52)45-17-5-2-6-18-45)53-38-31-48(32-39-53)50-41-59(66-60(42-50)58-22-10-14-26-65(58)69-66)49-33-40-57-56-21-9-13-25-63(56)67(64(57)43-49)61-23-11-7-19-54(61)55-20-8-12-24-62(55)67/h1-43H. The van der Waals surface area contributed by atoms with Gasteiger partial charge in [0.25, 0.3) is 0 Å². The van der Waals surface area contributed by atoms with E-state index >= 15 is 0 Å². The highest BCUT2D eigenvalue weighted by atomic mass is 32.1. The first kappa shape index (κ1) is 39.6. The van der Waals surface area contributed by atoms with Gasteiger partial charge in [-0.3, -0.25) is 0 Å². The summed E-state index contributed by atoms with van der Waals surface area (Å²) in [5.41, 5.74) is 23.3. The molecule has 12 aromatic rings. The molecule has 0 radical (unpaired) electrons. The molecule has 1 nitrogen and oxygen atoms in total. The molecule has 2 aliphatic rings. The Kier molecular flexibility index (Phi) is 9.05. The van der Waals surface area contributed by atoms with Crippen molar-refractivity contribution < 1.29 is 0 Å². The Morgan fingerprint density at radius 3 is 1.19 bits per heavy atom. The summed E-state index contributed by atoms with van der Waals surface area (Å²) >= 11 is 1.90. The first-order chi connectivity index (χ1) is 34.2. The van der Waals surface area contributed by atoms with Gasteiger partial charge in [-0.05, 0) is 144 Å². The SMILES string of the molecule is c1ccc(-c2ccc(N(c3ccc(-c4ccccc4)cc3)c3ccc(-c4cc(-c5ccc6c(c5)C5(c7ccccc7-c7ccccc75)c5ccccc5-6)c5sc6ccccc6c5c4)cc3)cc2)cc1. The number of benzene rings is 11. The van der Waals surface area contributed by atoms with Crippen LogP contribution in [-0.2, 0) is 5.41 Å². The second-order valence-corrected chi connectivity index (χ2v) is 19.4. The second kappa shape index (κ2) is 15.8. The highest BCUT2D eigenvalue weighted by Gasteiger charge is 2.51. The quantitative estimate of drug-likeness (QED) is 0.154. The maximum atomic E-state index is 2.53. The van der Waals surface area contributed by atoms with E-state index in [4.69, 9.17) is 0 Å². The van der Waals surface area contributed by atoms with Crippen molar-refractivity contribution in [2.45, 2.75) is 5.41 Å². The van der Waals surface area contributed by atoms with Crippen LogP contribution >= 0.6 is 11.3 Å². The largest absolute Gasteiger partial charge is 0.311 e. The van der Waals surface area contributed by atoms with Crippen molar-refractivity contribution in [2.75, 3.05) is 4.90 Å². The van der Waals surface area contributed by atoms with E-state index in [-0.39, 0.29) is 0 Å². The van der Waals surface area contributed by atoms with E-state index in [9.17, 15) is 0 Å². The van der Waals surface area contributed by atoms with Crippen molar-refractivity contribution in [2.24, 2.45) is 0 Å². The van der Waals surface area contributed by atoms with Gasteiger partial charge in [-0.25, -0.2) is 0 Å². The highest BCUT2D eigenvalue weighted by Crippen LogP contribution is 2.63. The van der Waals surface area contributed by atoms with Crippen molar-refractivity contribution >= 4 is 48.6 Å². The molecule has 69 heavy (non-hydrogen) atoms. The minimum atomic E-state index is -0.405. The molecule has 1 spiro atoms. The van der Waals surface area contributed by atoms with Gasteiger partial charge >= 0.3 is 0 Å². The van der Waals surface area contributed by atoms with Gasteiger partial charge in [0.1, 0.15) is 0 Å². The monoisotopic (exact) mass is 893 g/mol. The fourth-order valence-corrected chi connectivity index (χ4v) is 12.8. The summed E-state index contributed by atoms with van der Waals surface area (Å²) in [5.74, 6) is 0. The molecule has 0 N–H and O–H groups in total. The van der Waals surface area contributed by atoms with Crippen LogP contribution < -0.4 is 4.90 Å². The third-order valence-corrected chi connectivity index (χ3v) is 15.9. The summed E-state index contributed by atoms with van der Waals surface area (Å²) in [6.07, 6.45) is 0. The van der Waals surface area contributed by atoms with Crippen LogP contribution in [0.3, 0.4) is 0 Å². The molecule has 1 aromatic heterocycles. The Morgan fingerprint density at radius 1 is 0.261 bits per heavy atom. The van der Waals surface area contributed by atoms with Crippen molar-refractivity contribution in [3.63, 3.8) is 0 Å². The average molecular weight is 894 g/mol. The first-order valence-corrected chi connectivity index (χ1v) is 24.6. The molecule has 0 unspecified atom stereocenters. The molecule has 11 aromatic carbocycles. The molecule has 0 atom stereocenters. The Hall–Kier alpha value is -8.56. The van der Waals surface area contributed by atoms with Gasteiger partial charge in [0.15, 0.2) is 0 Å². The molecular formula is C67H43NS. The van der Waals surface area contributed by atoms with Gasteiger partial charge in [0, 0.05) is 42.8 Å². The van der Waals surface area contributed by atoms with Gasteiger partial charge in [0.2, 0.25) is 0 Å². The van der Waals surface area contributed by atoms with Crippen LogP contribution in [-0.4, -0.2) is 0 Å². The fourth-order valence-electron chi connectivity index (χ4n) is 11.6. The van der Waals surface area contributed by atoms with E-state index in [0.717, 1.165) is 17.1 Å². The van der Waals surface area contributed by atoms with E-state index < -0.39 is 5.41 Å². The summed E-state index contributed by atoms with van der Waals surface area (Å²) in [5, 5.41) is 2.59. The average Bonchev–Trinajstić information content (AvgIpc) is 4.06. The number of thiophene rings is 1. The number of anilines is 3. The second-order valence-electron chi connectivity index (χ2n) is 18.4. The predicted octanol–water partition coefficient (Wildman–Crippen LogP) is 18.5. The van der Waals surface area contributed by atoms with E-state index in [1.807, 2.05) is 11.3 Å².